The molecule has 0 aliphatic carbocycles. The van der Waals surface area contributed by atoms with E-state index in [-0.39, 0.29) is 12.0 Å². The van der Waals surface area contributed by atoms with Crippen molar-refractivity contribution in [1.29, 1.82) is 0 Å². The highest BCUT2D eigenvalue weighted by Crippen LogP contribution is 2.10. The summed E-state index contributed by atoms with van der Waals surface area (Å²) in [6.45, 7) is 4.73. The summed E-state index contributed by atoms with van der Waals surface area (Å²) in [4.78, 5) is 16.5. The summed E-state index contributed by atoms with van der Waals surface area (Å²) in [5, 5.41) is 3.26. The van der Waals surface area contributed by atoms with Gasteiger partial charge in [0.25, 0.3) is 0 Å². The number of likely N-dealkylation sites (N-methyl/N-ethyl adjacent to an activating group) is 1. The lowest BCUT2D eigenvalue weighted by Crippen LogP contribution is -2.50. The van der Waals surface area contributed by atoms with Gasteiger partial charge in [-0.3, -0.25) is 4.90 Å². The number of ether oxygens (including phenoxy) is 1. The van der Waals surface area contributed by atoms with Crippen LogP contribution in [0.4, 0.5) is 5.69 Å². The topological polar surface area (TPSA) is 44.8 Å². The largest absolute Gasteiger partial charge is 0.467 e. The molecule has 1 aromatic rings. The Morgan fingerprint density at radius 1 is 1.25 bits per heavy atom. The van der Waals surface area contributed by atoms with Gasteiger partial charge in [-0.15, -0.1) is 0 Å². The number of hydrogen-bond donors (Lipinski definition) is 1. The van der Waals surface area contributed by atoms with E-state index in [0.29, 0.717) is 6.54 Å². The Bertz CT molecular complexity index is 416. The number of nitrogens with zero attached hydrogens (tertiary/aromatic N) is 2. The number of anilines is 1. The van der Waals surface area contributed by atoms with E-state index in [1.807, 2.05) is 30.3 Å². The zero-order valence-electron chi connectivity index (χ0n) is 12.2. The first-order valence-corrected chi connectivity index (χ1v) is 6.99. The molecule has 1 unspecified atom stereocenters. The number of esters is 1. The van der Waals surface area contributed by atoms with Crippen LogP contribution in [-0.4, -0.2) is 68.7 Å². The van der Waals surface area contributed by atoms with E-state index in [1.165, 1.54) is 7.11 Å². The van der Waals surface area contributed by atoms with Crippen LogP contribution in [0.15, 0.2) is 30.3 Å². The second-order valence-electron chi connectivity index (χ2n) is 5.19. The molecule has 0 spiro atoms. The van der Waals surface area contributed by atoms with Gasteiger partial charge >= 0.3 is 5.97 Å². The summed E-state index contributed by atoms with van der Waals surface area (Å²) in [7, 11) is 3.56. The van der Waals surface area contributed by atoms with Crippen LogP contribution in [-0.2, 0) is 9.53 Å². The Kier molecular flexibility index (Phi) is 5.38. The SMILES string of the molecule is COC(=O)C(CN1CCN(C)CC1)Nc1ccccc1. The van der Waals surface area contributed by atoms with E-state index < -0.39 is 0 Å². The zero-order chi connectivity index (χ0) is 14.4. The van der Waals surface area contributed by atoms with Crippen LogP contribution in [0, 0.1) is 0 Å². The predicted molar refractivity (Wildman–Crippen MR) is 79.8 cm³/mol. The summed E-state index contributed by atoms with van der Waals surface area (Å²) in [6, 6.07) is 9.45. The molecule has 20 heavy (non-hydrogen) atoms. The van der Waals surface area contributed by atoms with E-state index in [4.69, 9.17) is 4.74 Å². The van der Waals surface area contributed by atoms with Crippen molar-refractivity contribution in [3.05, 3.63) is 30.3 Å². The average Bonchev–Trinajstić information content (AvgIpc) is 2.49. The van der Waals surface area contributed by atoms with Gasteiger partial charge in [-0.05, 0) is 19.2 Å². The molecule has 1 aliphatic rings. The van der Waals surface area contributed by atoms with Gasteiger partial charge in [0.05, 0.1) is 7.11 Å². The monoisotopic (exact) mass is 277 g/mol. The molecule has 0 radical (unpaired) electrons. The van der Waals surface area contributed by atoms with Crippen molar-refractivity contribution in [3.8, 4) is 0 Å². The summed E-state index contributed by atoms with van der Waals surface area (Å²) >= 11 is 0. The molecule has 1 saturated heterocycles. The number of nitrogens with one attached hydrogen (secondary N) is 1. The molecule has 0 bridgehead atoms. The fourth-order valence-electron chi connectivity index (χ4n) is 2.35. The lowest BCUT2D eigenvalue weighted by Gasteiger charge is -2.34. The summed E-state index contributed by atoms with van der Waals surface area (Å²) in [5.41, 5.74) is 0.942. The van der Waals surface area contributed by atoms with Crippen LogP contribution in [0.3, 0.4) is 0 Å². The number of carbonyl (C=O) groups excluding carboxylic acids is 1. The van der Waals surface area contributed by atoms with E-state index in [0.717, 1.165) is 31.9 Å². The Morgan fingerprint density at radius 2 is 1.90 bits per heavy atom. The van der Waals surface area contributed by atoms with Gasteiger partial charge < -0.3 is 15.0 Å². The van der Waals surface area contributed by atoms with E-state index >= 15 is 0 Å². The quantitative estimate of drug-likeness (QED) is 0.810. The highest BCUT2D eigenvalue weighted by Gasteiger charge is 2.24. The highest BCUT2D eigenvalue weighted by atomic mass is 16.5. The molecule has 2 rings (SSSR count). The molecule has 0 saturated carbocycles. The summed E-state index contributed by atoms with van der Waals surface area (Å²) < 4.78 is 4.91. The second-order valence-corrected chi connectivity index (χ2v) is 5.19. The normalized spacial score (nSPS) is 18.5. The van der Waals surface area contributed by atoms with Crippen LogP contribution in [0.5, 0.6) is 0 Å². The minimum atomic E-state index is -0.328. The first kappa shape index (κ1) is 14.8. The lowest BCUT2D eigenvalue weighted by atomic mass is 10.2. The minimum absolute atomic E-state index is 0.215. The third-order valence-corrected chi connectivity index (χ3v) is 3.64. The molecule has 5 nitrogen and oxygen atoms in total. The van der Waals surface area contributed by atoms with Crippen molar-refractivity contribution >= 4 is 11.7 Å². The van der Waals surface area contributed by atoms with Crippen LogP contribution in [0.25, 0.3) is 0 Å². The fraction of sp³-hybridized carbons (Fsp3) is 0.533. The molecule has 5 heteroatoms. The number of hydrogen-bond acceptors (Lipinski definition) is 5. The number of para-hydroxylation sites is 1. The molecular weight excluding hydrogens is 254 g/mol. The number of methoxy groups -OCH3 is 1. The Hall–Kier alpha value is -1.59. The molecule has 1 atom stereocenters. The van der Waals surface area contributed by atoms with Gasteiger partial charge in [0.1, 0.15) is 6.04 Å². The average molecular weight is 277 g/mol. The maximum absolute atomic E-state index is 11.9. The van der Waals surface area contributed by atoms with Gasteiger partial charge in [0, 0.05) is 38.4 Å². The van der Waals surface area contributed by atoms with Gasteiger partial charge in [-0.2, -0.15) is 0 Å². The number of carbonyl (C=O) groups is 1. The Labute approximate surface area is 120 Å². The minimum Gasteiger partial charge on any atom is -0.467 e. The summed E-state index contributed by atoms with van der Waals surface area (Å²) in [5.74, 6) is -0.215. The molecule has 1 heterocycles. The molecular formula is C15H23N3O2. The molecule has 0 aromatic heterocycles. The Morgan fingerprint density at radius 3 is 2.50 bits per heavy atom. The Balaban J connectivity index is 1.95. The van der Waals surface area contributed by atoms with E-state index in [9.17, 15) is 4.79 Å². The summed E-state index contributed by atoms with van der Waals surface area (Å²) in [6.07, 6.45) is 0. The predicted octanol–water partition coefficient (Wildman–Crippen LogP) is 0.888. The van der Waals surface area contributed by atoms with E-state index in [2.05, 4.69) is 22.2 Å². The van der Waals surface area contributed by atoms with Crippen LogP contribution >= 0.6 is 0 Å². The molecule has 0 amide bonds. The smallest absolute Gasteiger partial charge is 0.329 e. The van der Waals surface area contributed by atoms with Crippen molar-refractivity contribution in [3.63, 3.8) is 0 Å². The molecule has 1 fully saturated rings. The first-order chi connectivity index (χ1) is 9.69. The van der Waals surface area contributed by atoms with Crippen molar-refractivity contribution in [1.82, 2.24) is 9.80 Å². The van der Waals surface area contributed by atoms with Gasteiger partial charge in [-0.1, -0.05) is 18.2 Å². The van der Waals surface area contributed by atoms with Crippen molar-refractivity contribution in [2.24, 2.45) is 0 Å². The standard InChI is InChI=1S/C15H23N3O2/c1-17-8-10-18(11-9-17)12-14(15(19)20-2)16-13-6-4-3-5-7-13/h3-7,14,16H,8-12H2,1-2H3. The second kappa shape index (κ2) is 7.26. The van der Waals surface area contributed by atoms with Crippen LogP contribution in [0.1, 0.15) is 0 Å². The third-order valence-electron chi connectivity index (χ3n) is 3.64. The fourth-order valence-corrected chi connectivity index (χ4v) is 2.35. The van der Waals surface area contributed by atoms with Crippen LogP contribution < -0.4 is 5.32 Å². The molecule has 1 aliphatic heterocycles. The first-order valence-electron chi connectivity index (χ1n) is 6.99. The maximum Gasteiger partial charge on any atom is 0.329 e. The van der Waals surface area contributed by atoms with Gasteiger partial charge in [-0.25, -0.2) is 4.79 Å². The lowest BCUT2D eigenvalue weighted by molar-refractivity contribution is -0.142. The number of benzene rings is 1. The van der Waals surface area contributed by atoms with Gasteiger partial charge in [0.2, 0.25) is 0 Å². The van der Waals surface area contributed by atoms with Crippen LogP contribution in [0.2, 0.25) is 0 Å². The van der Waals surface area contributed by atoms with E-state index in [1.54, 1.807) is 0 Å². The molecule has 110 valence electrons. The number of rotatable bonds is 5. The third kappa shape index (κ3) is 4.21. The van der Waals surface area contributed by atoms with Crippen molar-refractivity contribution < 1.29 is 9.53 Å². The van der Waals surface area contributed by atoms with Crippen molar-refractivity contribution in [2.75, 3.05) is 52.2 Å². The highest BCUT2D eigenvalue weighted by molar-refractivity contribution is 5.79. The maximum atomic E-state index is 11.9. The number of piperazine rings is 1. The molecule has 1 aromatic carbocycles. The van der Waals surface area contributed by atoms with Gasteiger partial charge in [0.15, 0.2) is 0 Å². The molecule has 1 N–H and O–H groups in total. The zero-order valence-corrected chi connectivity index (χ0v) is 12.2. The van der Waals surface area contributed by atoms with Crippen molar-refractivity contribution in [2.45, 2.75) is 6.04 Å².